The molecular weight excluding hydrogens is 272 g/mol. The van der Waals surface area contributed by atoms with E-state index in [0.29, 0.717) is 6.42 Å². The molecule has 2 aromatic rings. The van der Waals surface area contributed by atoms with Gasteiger partial charge in [0, 0.05) is 23.7 Å². The Kier molecular flexibility index (Phi) is 4.58. The summed E-state index contributed by atoms with van der Waals surface area (Å²) >= 11 is 0. The molecule has 2 aromatic carbocycles. The summed E-state index contributed by atoms with van der Waals surface area (Å²) < 4.78 is 32.8. The molecule has 4 heteroatoms. The lowest BCUT2D eigenvalue weighted by Crippen LogP contribution is -2.17. The van der Waals surface area contributed by atoms with Crippen LogP contribution >= 0.6 is 0 Å². The summed E-state index contributed by atoms with van der Waals surface area (Å²) in [5, 5.41) is 0. The molecule has 0 heterocycles. The van der Waals surface area contributed by atoms with E-state index in [1.165, 1.54) is 12.7 Å². The molecule has 112 valence electrons. The van der Waals surface area contributed by atoms with Crippen LogP contribution in [-0.4, -0.2) is 7.11 Å². The molecule has 0 saturated heterocycles. The summed E-state index contributed by atoms with van der Waals surface area (Å²) in [5.74, 6) is -1.21. The van der Waals surface area contributed by atoms with Gasteiger partial charge < -0.3 is 10.5 Å². The molecule has 21 heavy (non-hydrogen) atoms. The standard InChI is InChI=1S/C17H19F2NO/c1-10-4-5-12(6-11(10)2)7-16(20)17-14(18)8-13(21-3)9-15(17)19/h4-6,8-9,16H,7,20H2,1-3H3. The van der Waals surface area contributed by atoms with E-state index >= 15 is 0 Å². The molecule has 1 unspecified atom stereocenters. The van der Waals surface area contributed by atoms with Crippen LogP contribution in [0.5, 0.6) is 5.75 Å². The zero-order chi connectivity index (χ0) is 15.6. The normalized spacial score (nSPS) is 12.3. The van der Waals surface area contributed by atoms with Crippen LogP contribution in [0.15, 0.2) is 30.3 Å². The van der Waals surface area contributed by atoms with E-state index in [0.717, 1.165) is 23.3 Å². The number of nitrogens with two attached hydrogens (primary N) is 1. The molecule has 0 saturated carbocycles. The van der Waals surface area contributed by atoms with E-state index in [9.17, 15) is 8.78 Å². The second-order valence-corrected chi connectivity index (χ2v) is 5.23. The van der Waals surface area contributed by atoms with Crippen LogP contribution in [0.1, 0.15) is 28.3 Å². The molecule has 0 aliphatic rings. The second kappa shape index (κ2) is 6.22. The maximum Gasteiger partial charge on any atom is 0.134 e. The van der Waals surface area contributed by atoms with Crippen molar-refractivity contribution >= 4 is 0 Å². The highest BCUT2D eigenvalue weighted by atomic mass is 19.1. The monoisotopic (exact) mass is 291 g/mol. The van der Waals surface area contributed by atoms with Gasteiger partial charge in [-0.05, 0) is 37.0 Å². The molecule has 0 radical (unpaired) electrons. The average molecular weight is 291 g/mol. The van der Waals surface area contributed by atoms with Crippen LogP contribution in [0, 0.1) is 25.5 Å². The molecule has 0 fully saturated rings. The van der Waals surface area contributed by atoms with Crippen LogP contribution in [0.25, 0.3) is 0 Å². The van der Waals surface area contributed by atoms with Crippen molar-refractivity contribution in [2.75, 3.05) is 7.11 Å². The van der Waals surface area contributed by atoms with Gasteiger partial charge in [0.15, 0.2) is 0 Å². The third-order valence-corrected chi connectivity index (χ3v) is 3.69. The smallest absolute Gasteiger partial charge is 0.134 e. The van der Waals surface area contributed by atoms with Gasteiger partial charge >= 0.3 is 0 Å². The fraction of sp³-hybridized carbons (Fsp3) is 0.294. The summed E-state index contributed by atoms with van der Waals surface area (Å²) in [7, 11) is 1.36. The predicted molar refractivity (Wildman–Crippen MR) is 79.5 cm³/mol. The Balaban J connectivity index is 2.27. The number of ether oxygens (including phenoxy) is 1. The van der Waals surface area contributed by atoms with Crippen molar-refractivity contribution in [2.24, 2.45) is 5.73 Å². The van der Waals surface area contributed by atoms with Crippen molar-refractivity contribution < 1.29 is 13.5 Å². The number of methoxy groups -OCH3 is 1. The molecule has 0 bridgehead atoms. The zero-order valence-electron chi connectivity index (χ0n) is 12.4. The van der Waals surface area contributed by atoms with Gasteiger partial charge in [0.25, 0.3) is 0 Å². The quantitative estimate of drug-likeness (QED) is 0.929. The first-order valence-corrected chi connectivity index (χ1v) is 6.77. The van der Waals surface area contributed by atoms with Crippen molar-refractivity contribution in [1.82, 2.24) is 0 Å². The van der Waals surface area contributed by atoms with Crippen LogP contribution in [-0.2, 0) is 6.42 Å². The molecule has 2 rings (SSSR count). The summed E-state index contributed by atoms with van der Waals surface area (Å²) in [6.07, 6.45) is 0.376. The molecule has 0 amide bonds. The molecule has 0 aliphatic carbocycles. The van der Waals surface area contributed by atoms with Gasteiger partial charge in [0.05, 0.1) is 7.11 Å². The first-order chi connectivity index (χ1) is 9.92. The largest absolute Gasteiger partial charge is 0.497 e. The van der Waals surface area contributed by atoms with Crippen molar-refractivity contribution in [3.05, 3.63) is 64.2 Å². The molecule has 1 atom stereocenters. The van der Waals surface area contributed by atoms with Crippen molar-refractivity contribution in [1.29, 1.82) is 0 Å². The summed E-state index contributed by atoms with van der Waals surface area (Å²) in [6, 6.07) is 7.48. The minimum absolute atomic E-state index is 0.103. The highest BCUT2D eigenvalue weighted by Gasteiger charge is 2.19. The Morgan fingerprint density at radius 3 is 2.19 bits per heavy atom. The van der Waals surface area contributed by atoms with E-state index in [2.05, 4.69) is 0 Å². The second-order valence-electron chi connectivity index (χ2n) is 5.23. The zero-order valence-corrected chi connectivity index (χ0v) is 12.4. The van der Waals surface area contributed by atoms with Gasteiger partial charge in [-0.1, -0.05) is 18.2 Å². The van der Waals surface area contributed by atoms with Crippen LogP contribution in [0.3, 0.4) is 0 Å². The molecular formula is C17H19F2NO. The molecule has 0 aromatic heterocycles. The van der Waals surface area contributed by atoms with E-state index in [1.54, 1.807) is 0 Å². The Morgan fingerprint density at radius 2 is 1.67 bits per heavy atom. The Labute approximate surface area is 123 Å². The number of hydrogen-bond acceptors (Lipinski definition) is 2. The maximum absolute atomic E-state index is 14.0. The summed E-state index contributed by atoms with van der Waals surface area (Å²) in [4.78, 5) is 0. The maximum atomic E-state index is 14.0. The van der Waals surface area contributed by atoms with Crippen molar-refractivity contribution in [3.63, 3.8) is 0 Å². The third-order valence-electron chi connectivity index (χ3n) is 3.69. The first-order valence-electron chi connectivity index (χ1n) is 6.77. The molecule has 0 spiro atoms. The SMILES string of the molecule is COc1cc(F)c(C(N)Cc2ccc(C)c(C)c2)c(F)c1. The Hall–Kier alpha value is -1.94. The lowest BCUT2D eigenvalue weighted by molar-refractivity contribution is 0.403. The summed E-state index contributed by atoms with van der Waals surface area (Å²) in [5.41, 5.74) is 9.15. The Bertz CT molecular complexity index is 632. The number of rotatable bonds is 4. The van der Waals surface area contributed by atoms with E-state index in [-0.39, 0.29) is 11.3 Å². The van der Waals surface area contributed by atoms with Gasteiger partial charge in [-0.15, -0.1) is 0 Å². The van der Waals surface area contributed by atoms with Crippen LogP contribution in [0.2, 0.25) is 0 Å². The fourth-order valence-electron chi connectivity index (χ4n) is 2.32. The number of aryl methyl sites for hydroxylation is 2. The van der Waals surface area contributed by atoms with E-state index in [4.69, 9.17) is 10.5 Å². The van der Waals surface area contributed by atoms with E-state index < -0.39 is 17.7 Å². The summed E-state index contributed by atoms with van der Waals surface area (Å²) in [6.45, 7) is 4.01. The van der Waals surface area contributed by atoms with E-state index in [1.807, 2.05) is 32.0 Å². The topological polar surface area (TPSA) is 35.2 Å². The van der Waals surface area contributed by atoms with Gasteiger partial charge in [-0.2, -0.15) is 0 Å². The lowest BCUT2D eigenvalue weighted by atomic mass is 9.96. The predicted octanol–water partition coefficient (Wildman–Crippen LogP) is 3.83. The highest BCUT2D eigenvalue weighted by molar-refractivity contribution is 5.35. The Morgan fingerprint density at radius 1 is 1.05 bits per heavy atom. The molecule has 0 aliphatic heterocycles. The number of hydrogen-bond donors (Lipinski definition) is 1. The number of benzene rings is 2. The molecule has 2 N–H and O–H groups in total. The lowest BCUT2D eigenvalue weighted by Gasteiger charge is -2.16. The number of halogens is 2. The minimum Gasteiger partial charge on any atom is -0.497 e. The highest BCUT2D eigenvalue weighted by Crippen LogP contribution is 2.27. The third kappa shape index (κ3) is 3.39. The van der Waals surface area contributed by atoms with Gasteiger partial charge in [0.2, 0.25) is 0 Å². The van der Waals surface area contributed by atoms with Gasteiger partial charge in [0.1, 0.15) is 17.4 Å². The van der Waals surface area contributed by atoms with Crippen LogP contribution in [0.4, 0.5) is 8.78 Å². The van der Waals surface area contributed by atoms with Gasteiger partial charge in [-0.3, -0.25) is 0 Å². The van der Waals surface area contributed by atoms with Crippen molar-refractivity contribution in [3.8, 4) is 5.75 Å². The first kappa shape index (κ1) is 15.4. The fourth-order valence-corrected chi connectivity index (χ4v) is 2.32. The van der Waals surface area contributed by atoms with Gasteiger partial charge in [-0.25, -0.2) is 8.78 Å². The van der Waals surface area contributed by atoms with Crippen LogP contribution < -0.4 is 10.5 Å². The van der Waals surface area contributed by atoms with Crippen molar-refractivity contribution in [2.45, 2.75) is 26.3 Å². The minimum atomic E-state index is -0.738. The average Bonchev–Trinajstić information content (AvgIpc) is 2.42. The molecule has 2 nitrogen and oxygen atoms in total.